The lowest BCUT2D eigenvalue weighted by molar-refractivity contribution is -0.120. The van der Waals surface area contributed by atoms with E-state index in [2.05, 4.69) is 26.0 Å². The van der Waals surface area contributed by atoms with Gasteiger partial charge in [0.15, 0.2) is 6.61 Å². The molecular formula is C23H16BrCl2N3O3S. The van der Waals surface area contributed by atoms with Crippen LogP contribution in [0.4, 0.5) is 5.13 Å². The molecule has 4 rings (SSSR count). The standard InChI is InChI=1S/C23H16BrCl2N3O3S/c1-31-17-6-2-14(3-7-17)12-27-29(23-28-19-8-4-15(24)10-21(19)33-23)22(30)13-32-20-9-5-16(25)11-18(20)26/h2-12H,13H2,1H3/b27-12+. The summed E-state index contributed by atoms with van der Waals surface area (Å²) < 4.78 is 12.6. The maximum absolute atomic E-state index is 13.1. The minimum absolute atomic E-state index is 0.291. The number of fused-ring (bicyclic) bond motifs is 1. The zero-order chi connectivity index (χ0) is 23.4. The summed E-state index contributed by atoms with van der Waals surface area (Å²) in [5, 5.41) is 6.85. The van der Waals surface area contributed by atoms with Crippen LogP contribution in [-0.2, 0) is 4.79 Å². The van der Waals surface area contributed by atoms with E-state index in [-0.39, 0.29) is 6.61 Å². The molecule has 0 saturated heterocycles. The maximum atomic E-state index is 13.1. The van der Waals surface area contributed by atoms with Crippen LogP contribution < -0.4 is 14.5 Å². The van der Waals surface area contributed by atoms with Gasteiger partial charge in [-0.3, -0.25) is 4.79 Å². The summed E-state index contributed by atoms with van der Waals surface area (Å²) in [6, 6.07) is 17.8. The number of rotatable bonds is 7. The SMILES string of the molecule is COc1ccc(/C=N/N(C(=O)COc2ccc(Cl)cc2Cl)c2nc3ccc(Br)cc3s2)cc1. The van der Waals surface area contributed by atoms with Crippen molar-refractivity contribution in [1.82, 2.24) is 4.98 Å². The Morgan fingerprint density at radius 3 is 2.67 bits per heavy atom. The number of nitrogens with zero attached hydrogens (tertiary/aromatic N) is 3. The van der Waals surface area contributed by atoms with Crippen LogP contribution in [0.1, 0.15) is 5.56 Å². The number of hydrogen-bond acceptors (Lipinski definition) is 6. The highest BCUT2D eigenvalue weighted by molar-refractivity contribution is 9.10. The van der Waals surface area contributed by atoms with E-state index in [1.807, 2.05) is 42.5 Å². The van der Waals surface area contributed by atoms with E-state index in [1.165, 1.54) is 16.3 Å². The fraction of sp³-hybridized carbons (Fsp3) is 0.0870. The molecule has 0 aliphatic carbocycles. The highest BCUT2D eigenvalue weighted by atomic mass is 79.9. The van der Waals surface area contributed by atoms with Crippen molar-refractivity contribution in [2.75, 3.05) is 18.7 Å². The van der Waals surface area contributed by atoms with Gasteiger partial charge < -0.3 is 9.47 Å². The molecule has 1 aromatic heterocycles. The average molecular weight is 565 g/mol. The van der Waals surface area contributed by atoms with E-state index in [0.29, 0.717) is 20.9 Å². The number of halogens is 3. The van der Waals surface area contributed by atoms with E-state index in [1.54, 1.807) is 31.5 Å². The minimum atomic E-state index is -0.413. The summed E-state index contributed by atoms with van der Waals surface area (Å²) in [6.45, 7) is -0.291. The second-order valence-electron chi connectivity index (χ2n) is 6.70. The van der Waals surface area contributed by atoms with Crippen LogP contribution in [0, 0.1) is 0 Å². The third-order valence-electron chi connectivity index (χ3n) is 4.44. The number of carbonyl (C=O) groups excluding carboxylic acids is 1. The van der Waals surface area contributed by atoms with Gasteiger partial charge >= 0.3 is 0 Å². The lowest BCUT2D eigenvalue weighted by Gasteiger charge is -2.15. The quantitative estimate of drug-likeness (QED) is 0.182. The molecule has 0 N–H and O–H groups in total. The fourth-order valence-corrected chi connectivity index (χ4v) is 4.76. The zero-order valence-electron chi connectivity index (χ0n) is 17.2. The molecule has 10 heteroatoms. The number of amides is 1. The second kappa shape index (κ2) is 10.5. The lowest BCUT2D eigenvalue weighted by Crippen LogP contribution is -2.30. The van der Waals surface area contributed by atoms with Crippen molar-refractivity contribution >= 4 is 77.9 Å². The molecule has 0 bridgehead atoms. The van der Waals surface area contributed by atoms with Gasteiger partial charge in [0.25, 0.3) is 5.91 Å². The number of ether oxygens (including phenoxy) is 2. The Morgan fingerprint density at radius 1 is 1.15 bits per heavy atom. The summed E-state index contributed by atoms with van der Waals surface area (Å²) in [7, 11) is 1.60. The number of carbonyl (C=O) groups is 1. The molecule has 0 spiro atoms. The van der Waals surface area contributed by atoms with Gasteiger partial charge in [0, 0.05) is 9.50 Å². The third-order valence-corrected chi connectivity index (χ3v) is 6.46. The summed E-state index contributed by atoms with van der Waals surface area (Å²) in [6.07, 6.45) is 1.58. The molecule has 1 heterocycles. The maximum Gasteiger partial charge on any atom is 0.287 e. The molecule has 0 atom stereocenters. The van der Waals surface area contributed by atoms with Crippen molar-refractivity contribution in [1.29, 1.82) is 0 Å². The molecule has 0 saturated carbocycles. The topological polar surface area (TPSA) is 64.0 Å². The van der Waals surface area contributed by atoms with Crippen LogP contribution in [0.25, 0.3) is 10.2 Å². The van der Waals surface area contributed by atoms with E-state index < -0.39 is 5.91 Å². The molecule has 0 unspecified atom stereocenters. The summed E-state index contributed by atoms with van der Waals surface area (Å²) in [5.41, 5.74) is 1.55. The van der Waals surface area contributed by atoms with Gasteiger partial charge in [-0.2, -0.15) is 10.1 Å². The molecule has 1 amide bonds. The van der Waals surface area contributed by atoms with Crippen LogP contribution in [0.3, 0.4) is 0 Å². The predicted octanol–water partition coefficient (Wildman–Crippen LogP) is 6.82. The summed E-state index contributed by atoms with van der Waals surface area (Å²) >= 11 is 16.9. The molecule has 3 aromatic carbocycles. The first kappa shape index (κ1) is 23.5. The van der Waals surface area contributed by atoms with Gasteiger partial charge in [0.05, 0.1) is 28.6 Å². The van der Waals surface area contributed by atoms with Gasteiger partial charge in [-0.15, -0.1) is 0 Å². The van der Waals surface area contributed by atoms with Crippen molar-refractivity contribution in [3.63, 3.8) is 0 Å². The van der Waals surface area contributed by atoms with Crippen molar-refractivity contribution < 1.29 is 14.3 Å². The Balaban J connectivity index is 1.61. The average Bonchev–Trinajstić information content (AvgIpc) is 3.21. The Morgan fingerprint density at radius 2 is 1.94 bits per heavy atom. The fourth-order valence-electron chi connectivity index (χ4n) is 2.80. The monoisotopic (exact) mass is 563 g/mol. The lowest BCUT2D eigenvalue weighted by atomic mass is 10.2. The summed E-state index contributed by atoms with van der Waals surface area (Å²) in [5.74, 6) is 0.663. The Labute approximate surface area is 212 Å². The number of hydrogen-bond donors (Lipinski definition) is 0. The van der Waals surface area contributed by atoms with Crippen molar-refractivity contribution in [3.05, 3.63) is 80.7 Å². The molecule has 0 radical (unpaired) electrons. The summed E-state index contributed by atoms with van der Waals surface area (Å²) in [4.78, 5) is 17.7. The third kappa shape index (κ3) is 5.83. The van der Waals surface area contributed by atoms with Crippen LogP contribution in [0.15, 0.2) is 70.2 Å². The van der Waals surface area contributed by atoms with E-state index >= 15 is 0 Å². The highest BCUT2D eigenvalue weighted by Crippen LogP contribution is 2.32. The molecule has 168 valence electrons. The molecule has 0 fully saturated rings. The van der Waals surface area contributed by atoms with E-state index in [0.717, 1.165) is 26.0 Å². The number of benzene rings is 3. The molecule has 0 aliphatic rings. The first-order chi connectivity index (χ1) is 15.9. The molecule has 0 aliphatic heterocycles. The Hall–Kier alpha value is -2.65. The van der Waals surface area contributed by atoms with Crippen LogP contribution in [-0.4, -0.2) is 30.8 Å². The van der Waals surface area contributed by atoms with Gasteiger partial charge in [-0.05, 0) is 66.2 Å². The number of anilines is 1. The largest absolute Gasteiger partial charge is 0.497 e. The molecule has 4 aromatic rings. The number of hydrazone groups is 1. The van der Waals surface area contributed by atoms with E-state index in [9.17, 15) is 4.79 Å². The van der Waals surface area contributed by atoms with Gasteiger partial charge in [0.1, 0.15) is 11.5 Å². The van der Waals surface area contributed by atoms with Crippen LogP contribution in [0.5, 0.6) is 11.5 Å². The van der Waals surface area contributed by atoms with Crippen molar-refractivity contribution in [2.45, 2.75) is 0 Å². The van der Waals surface area contributed by atoms with Gasteiger partial charge in [-0.1, -0.05) is 50.5 Å². The first-order valence-electron chi connectivity index (χ1n) is 9.58. The number of aromatic nitrogens is 1. The van der Waals surface area contributed by atoms with Gasteiger partial charge in [-0.25, -0.2) is 4.98 Å². The normalized spacial score (nSPS) is 11.2. The van der Waals surface area contributed by atoms with Crippen molar-refractivity contribution in [3.8, 4) is 11.5 Å². The Kier molecular flexibility index (Phi) is 7.49. The predicted molar refractivity (Wildman–Crippen MR) is 137 cm³/mol. The second-order valence-corrected chi connectivity index (χ2v) is 9.46. The van der Waals surface area contributed by atoms with Crippen LogP contribution in [0.2, 0.25) is 10.0 Å². The van der Waals surface area contributed by atoms with Gasteiger partial charge in [0.2, 0.25) is 5.13 Å². The molecular weight excluding hydrogens is 549 g/mol. The van der Waals surface area contributed by atoms with Crippen LogP contribution >= 0.6 is 50.5 Å². The molecule has 6 nitrogen and oxygen atoms in total. The smallest absolute Gasteiger partial charge is 0.287 e. The van der Waals surface area contributed by atoms with E-state index in [4.69, 9.17) is 32.7 Å². The number of thiazole rings is 1. The zero-order valence-corrected chi connectivity index (χ0v) is 21.1. The minimum Gasteiger partial charge on any atom is -0.497 e. The number of methoxy groups -OCH3 is 1. The van der Waals surface area contributed by atoms with Crippen molar-refractivity contribution in [2.24, 2.45) is 5.10 Å². The molecule has 33 heavy (non-hydrogen) atoms. The Bertz CT molecular complexity index is 1330. The highest BCUT2D eigenvalue weighted by Gasteiger charge is 2.20. The first-order valence-corrected chi connectivity index (χ1v) is 11.9.